The summed E-state index contributed by atoms with van der Waals surface area (Å²) in [5.74, 6) is 0.381. The topological polar surface area (TPSA) is 97.0 Å². The van der Waals surface area contributed by atoms with E-state index >= 15 is 0 Å². The Hall–Kier alpha value is -3.10. The molecule has 0 aliphatic carbocycles. The molecule has 3 rings (SSSR count). The van der Waals surface area contributed by atoms with Crippen LogP contribution in [0.3, 0.4) is 0 Å². The molecular weight excluding hydrogens is 409 g/mol. The Morgan fingerprint density at radius 2 is 1.90 bits per heavy atom. The smallest absolute Gasteiger partial charge is 0.416 e. The average molecular weight is 424 g/mol. The lowest BCUT2D eigenvalue weighted by atomic mass is 10.2. The third kappa shape index (κ3) is 4.85. The second-order valence-corrected chi connectivity index (χ2v) is 7.96. The highest BCUT2D eigenvalue weighted by Crippen LogP contribution is 2.31. The Balaban J connectivity index is 2.08. The van der Waals surface area contributed by atoms with Crippen molar-refractivity contribution in [3.8, 4) is 17.5 Å². The Labute approximate surface area is 164 Å². The van der Waals surface area contributed by atoms with Gasteiger partial charge in [0.1, 0.15) is 11.8 Å². The normalized spacial score (nSPS) is 12.1. The van der Waals surface area contributed by atoms with E-state index in [9.17, 15) is 21.6 Å². The fourth-order valence-corrected chi connectivity index (χ4v) is 3.08. The SMILES string of the molecule is CS(=O)(=O)NCc1nn(-c2ccc(C(F)(F)F)cc2)c2ccc(OCC#N)cc12. The van der Waals surface area contributed by atoms with Crippen LogP contribution in [0, 0.1) is 11.3 Å². The standard InChI is InChI=1S/C18H15F3N4O3S/c1-29(26,27)23-11-16-15-10-14(28-9-8-22)6-7-17(15)25(24-16)13-4-2-12(3-5-13)18(19,20)21/h2-7,10,23H,9,11H2,1H3. The van der Waals surface area contributed by atoms with Gasteiger partial charge in [0.05, 0.1) is 35.3 Å². The fourth-order valence-electron chi connectivity index (χ4n) is 2.68. The van der Waals surface area contributed by atoms with Crippen LogP contribution in [-0.2, 0) is 22.7 Å². The van der Waals surface area contributed by atoms with Gasteiger partial charge < -0.3 is 4.74 Å². The van der Waals surface area contributed by atoms with Crippen LogP contribution in [0.1, 0.15) is 11.3 Å². The number of alkyl halides is 3. The van der Waals surface area contributed by atoms with Crippen molar-refractivity contribution in [3.63, 3.8) is 0 Å². The predicted molar refractivity (Wildman–Crippen MR) is 98.9 cm³/mol. The fraction of sp³-hybridized carbons (Fsp3) is 0.222. The molecule has 29 heavy (non-hydrogen) atoms. The maximum absolute atomic E-state index is 12.8. The molecule has 0 aliphatic heterocycles. The van der Waals surface area contributed by atoms with Gasteiger partial charge in [-0.15, -0.1) is 0 Å². The summed E-state index contributed by atoms with van der Waals surface area (Å²) < 4.78 is 70.4. The minimum Gasteiger partial charge on any atom is -0.479 e. The van der Waals surface area contributed by atoms with E-state index in [0.717, 1.165) is 18.4 Å². The van der Waals surface area contributed by atoms with Crippen molar-refractivity contribution in [2.45, 2.75) is 12.7 Å². The van der Waals surface area contributed by atoms with Crippen molar-refractivity contribution in [1.29, 1.82) is 5.26 Å². The molecule has 0 radical (unpaired) electrons. The second-order valence-electron chi connectivity index (χ2n) is 6.12. The van der Waals surface area contributed by atoms with E-state index in [0.29, 0.717) is 28.0 Å². The Morgan fingerprint density at radius 3 is 2.48 bits per heavy atom. The molecule has 7 nitrogen and oxygen atoms in total. The molecule has 152 valence electrons. The zero-order valence-electron chi connectivity index (χ0n) is 15.1. The van der Waals surface area contributed by atoms with Crippen LogP contribution in [0.25, 0.3) is 16.6 Å². The zero-order valence-corrected chi connectivity index (χ0v) is 15.9. The summed E-state index contributed by atoms with van der Waals surface area (Å²) in [4.78, 5) is 0. The number of aromatic nitrogens is 2. The minimum atomic E-state index is -4.46. The van der Waals surface area contributed by atoms with E-state index in [-0.39, 0.29) is 13.2 Å². The molecule has 0 saturated heterocycles. The van der Waals surface area contributed by atoms with E-state index in [1.165, 1.54) is 16.8 Å². The lowest BCUT2D eigenvalue weighted by Gasteiger charge is -2.08. The molecule has 11 heteroatoms. The van der Waals surface area contributed by atoms with E-state index < -0.39 is 21.8 Å². The lowest BCUT2D eigenvalue weighted by molar-refractivity contribution is -0.137. The number of nitriles is 1. The van der Waals surface area contributed by atoms with Crippen molar-refractivity contribution in [1.82, 2.24) is 14.5 Å². The number of sulfonamides is 1. The molecule has 1 heterocycles. The van der Waals surface area contributed by atoms with Gasteiger partial charge in [-0.2, -0.15) is 23.5 Å². The highest BCUT2D eigenvalue weighted by Gasteiger charge is 2.30. The summed E-state index contributed by atoms with van der Waals surface area (Å²) in [5, 5.41) is 13.6. The molecular formula is C18H15F3N4O3S. The van der Waals surface area contributed by atoms with Crippen LogP contribution in [-0.4, -0.2) is 31.1 Å². The van der Waals surface area contributed by atoms with Gasteiger partial charge in [-0.1, -0.05) is 0 Å². The van der Waals surface area contributed by atoms with Gasteiger partial charge in [0, 0.05) is 5.39 Å². The summed E-state index contributed by atoms with van der Waals surface area (Å²) in [6.07, 6.45) is -3.45. The van der Waals surface area contributed by atoms with Gasteiger partial charge in [-0.25, -0.2) is 17.8 Å². The first-order valence-corrected chi connectivity index (χ1v) is 10.1. The van der Waals surface area contributed by atoms with Gasteiger partial charge in [0.25, 0.3) is 0 Å². The molecule has 0 fully saturated rings. The van der Waals surface area contributed by atoms with Crippen LogP contribution in [0.2, 0.25) is 0 Å². The average Bonchev–Trinajstić information content (AvgIpc) is 3.01. The number of hydrogen-bond donors (Lipinski definition) is 1. The first kappa shape index (κ1) is 20.6. The predicted octanol–water partition coefficient (Wildman–Crippen LogP) is 3.00. The lowest BCUT2D eigenvalue weighted by Crippen LogP contribution is -2.21. The number of nitrogens with zero attached hydrogens (tertiary/aromatic N) is 3. The molecule has 0 unspecified atom stereocenters. The molecule has 1 N–H and O–H groups in total. The third-order valence-electron chi connectivity index (χ3n) is 3.97. The summed E-state index contributed by atoms with van der Waals surface area (Å²) in [6, 6.07) is 11.1. The van der Waals surface area contributed by atoms with Crippen molar-refractivity contribution in [2.75, 3.05) is 12.9 Å². The number of hydrogen-bond acceptors (Lipinski definition) is 5. The van der Waals surface area contributed by atoms with E-state index in [4.69, 9.17) is 10.00 Å². The third-order valence-corrected chi connectivity index (χ3v) is 4.64. The highest BCUT2D eigenvalue weighted by molar-refractivity contribution is 7.88. The number of rotatable bonds is 6. The van der Waals surface area contributed by atoms with E-state index in [1.54, 1.807) is 18.2 Å². The van der Waals surface area contributed by atoms with Crippen molar-refractivity contribution < 1.29 is 26.3 Å². The molecule has 0 spiro atoms. The maximum atomic E-state index is 12.8. The molecule has 0 atom stereocenters. The Kier molecular flexibility index (Phi) is 5.50. The van der Waals surface area contributed by atoms with Gasteiger partial charge in [0.2, 0.25) is 10.0 Å². The molecule has 1 aromatic heterocycles. The van der Waals surface area contributed by atoms with Gasteiger partial charge in [-0.3, -0.25) is 0 Å². The molecule has 0 amide bonds. The Morgan fingerprint density at radius 1 is 1.21 bits per heavy atom. The minimum absolute atomic E-state index is 0.120. The quantitative estimate of drug-likeness (QED) is 0.656. The van der Waals surface area contributed by atoms with E-state index in [1.807, 2.05) is 6.07 Å². The zero-order chi connectivity index (χ0) is 21.2. The summed E-state index contributed by atoms with van der Waals surface area (Å²) >= 11 is 0. The summed E-state index contributed by atoms with van der Waals surface area (Å²) in [5.41, 5.74) is 0.482. The largest absolute Gasteiger partial charge is 0.479 e. The number of fused-ring (bicyclic) bond motifs is 1. The molecule has 3 aromatic rings. The molecule has 2 aromatic carbocycles. The molecule has 0 saturated carbocycles. The van der Waals surface area contributed by atoms with Gasteiger partial charge in [-0.05, 0) is 42.5 Å². The molecule has 0 aliphatic rings. The first-order chi connectivity index (χ1) is 13.6. The van der Waals surface area contributed by atoms with Gasteiger partial charge in [0.15, 0.2) is 6.61 Å². The second kappa shape index (κ2) is 7.73. The van der Waals surface area contributed by atoms with Crippen molar-refractivity contribution in [3.05, 3.63) is 53.7 Å². The monoisotopic (exact) mass is 424 g/mol. The summed E-state index contributed by atoms with van der Waals surface area (Å²) in [7, 11) is -3.49. The van der Waals surface area contributed by atoms with Crippen LogP contribution in [0.5, 0.6) is 5.75 Å². The van der Waals surface area contributed by atoms with Crippen LogP contribution < -0.4 is 9.46 Å². The highest BCUT2D eigenvalue weighted by atomic mass is 32.2. The Bertz CT molecular complexity index is 1180. The molecule has 0 bridgehead atoms. The summed E-state index contributed by atoms with van der Waals surface area (Å²) in [6.45, 7) is -0.292. The maximum Gasteiger partial charge on any atom is 0.416 e. The number of nitrogens with one attached hydrogen (secondary N) is 1. The van der Waals surface area contributed by atoms with E-state index in [2.05, 4.69) is 9.82 Å². The first-order valence-electron chi connectivity index (χ1n) is 8.22. The van der Waals surface area contributed by atoms with Crippen LogP contribution >= 0.6 is 0 Å². The van der Waals surface area contributed by atoms with Crippen molar-refractivity contribution in [2.24, 2.45) is 0 Å². The number of ether oxygens (including phenoxy) is 1. The van der Waals surface area contributed by atoms with Gasteiger partial charge >= 0.3 is 6.18 Å². The van der Waals surface area contributed by atoms with Crippen LogP contribution in [0.4, 0.5) is 13.2 Å². The number of benzene rings is 2. The number of halogens is 3. The van der Waals surface area contributed by atoms with Crippen molar-refractivity contribution >= 4 is 20.9 Å². The van der Waals surface area contributed by atoms with Crippen LogP contribution in [0.15, 0.2) is 42.5 Å².